The predicted octanol–water partition coefficient (Wildman–Crippen LogP) is 1.75. The summed E-state index contributed by atoms with van der Waals surface area (Å²) < 4.78 is 0. The molecule has 3 heteroatoms. The molecule has 84 valence electrons. The molecule has 1 fully saturated rings. The maximum absolute atomic E-state index is 11.3. The van der Waals surface area contributed by atoms with Gasteiger partial charge in [0.2, 0.25) is 0 Å². The SMILES string of the molecule is O=C(O)C(O)(c1cc#ccc1)C1CCCC1. The van der Waals surface area contributed by atoms with Gasteiger partial charge in [-0.15, -0.1) is 0 Å². The Morgan fingerprint density at radius 3 is 2.56 bits per heavy atom. The molecule has 0 bridgehead atoms. The zero-order chi connectivity index (χ0) is 11.6. The Kier molecular flexibility index (Phi) is 2.84. The highest BCUT2D eigenvalue weighted by atomic mass is 16.4. The lowest BCUT2D eigenvalue weighted by Gasteiger charge is -2.29. The minimum absolute atomic E-state index is 0.194. The van der Waals surface area contributed by atoms with Crippen LogP contribution >= 0.6 is 0 Å². The molecule has 3 nitrogen and oxygen atoms in total. The number of hydrogen-bond donors (Lipinski definition) is 2. The molecule has 2 rings (SSSR count). The summed E-state index contributed by atoms with van der Waals surface area (Å²) in [5.41, 5.74) is -1.35. The van der Waals surface area contributed by atoms with Crippen molar-refractivity contribution in [1.29, 1.82) is 0 Å². The first kappa shape index (κ1) is 11.0. The van der Waals surface area contributed by atoms with Gasteiger partial charge < -0.3 is 10.2 Å². The van der Waals surface area contributed by atoms with E-state index in [0.717, 1.165) is 25.7 Å². The number of carboxylic acids is 1. The summed E-state index contributed by atoms with van der Waals surface area (Å²) in [7, 11) is 0. The maximum atomic E-state index is 11.3. The average molecular weight is 218 g/mol. The van der Waals surface area contributed by atoms with Crippen molar-refractivity contribution in [3.63, 3.8) is 0 Å². The highest BCUT2D eigenvalue weighted by Crippen LogP contribution is 2.40. The smallest absolute Gasteiger partial charge is 0.340 e. The normalized spacial score (nSPS) is 20.1. The summed E-state index contributed by atoms with van der Waals surface area (Å²) in [5.74, 6) is -1.36. The molecule has 1 aliphatic rings. The molecule has 0 saturated heterocycles. The second-order valence-electron chi connectivity index (χ2n) is 4.27. The third-order valence-electron chi connectivity index (χ3n) is 3.37. The molecule has 2 N–H and O–H groups in total. The number of carboxylic acid groups (broad SMARTS) is 1. The van der Waals surface area contributed by atoms with Gasteiger partial charge in [-0.1, -0.05) is 25.0 Å². The Hall–Kier alpha value is -1.53. The Morgan fingerprint density at radius 1 is 1.38 bits per heavy atom. The van der Waals surface area contributed by atoms with Crippen molar-refractivity contribution in [3.8, 4) is 0 Å². The first-order chi connectivity index (χ1) is 7.65. The van der Waals surface area contributed by atoms with Crippen LogP contribution in [0.5, 0.6) is 0 Å². The summed E-state index contributed by atoms with van der Waals surface area (Å²) in [6, 6.07) is 10.1. The van der Waals surface area contributed by atoms with Crippen LogP contribution in [0.3, 0.4) is 0 Å². The van der Waals surface area contributed by atoms with Crippen molar-refractivity contribution in [3.05, 3.63) is 35.9 Å². The number of aliphatic hydroxyl groups is 1. The Morgan fingerprint density at radius 2 is 2.06 bits per heavy atom. The quantitative estimate of drug-likeness (QED) is 0.812. The van der Waals surface area contributed by atoms with Crippen LogP contribution in [0.2, 0.25) is 0 Å². The second-order valence-corrected chi connectivity index (χ2v) is 4.27. The standard InChI is InChI=1S/C13H14O3/c14-12(15)13(16,11-8-4-5-9-11)10-6-2-1-3-7-10/h2,6-7,11,16H,4-5,8-9H2,(H,14,15). The topological polar surface area (TPSA) is 57.5 Å². The molecular weight excluding hydrogens is 204 g/mol. The average Bonchev–Trinajstić information content (AvgIpc) is 2.82. The van der Waals surface area contributed by atoms with Gasteiger partial charge in [0.25, 0.3) is 0 Å². The van der Waals surface area contributed by atoms with E-state index in [0.29, 0.717) is 5.56 Å². The molecule has 0 spiro atoms. The van der Waals surface area contributed by atoms with E-state index in [-0.39, 0.29) is 5.92 Å². The van der Waals surface area contributed by atoms with Gasteiger partial charge >= 0.3 is 5.97 Å². The second kappa shape index (κ2) is 4.15. The van der Waals surface area contributed by atoms with Gasteiger partial charge in [-0.2, -0.15) is 0 Å². The van der Waals surface area contributed by atoms with Gasteiger partial charge in [0.1, 0.15) is 0 Å². The Bertz CT molecular complexity index is 368. The molecule has 0 aliphatic heterocycles. The lowest BCUT2D eigenvalue weighted by molar-refractivity contribution is -0.166. The molecule has 0 aromatic heterocycles. The highest BCUT2D eigenvalue weighted by Gasteiger charge is 2.46. The van der Waals surface area contributed by atoms with E-state index in [9.17, 15) is 15.0 Å². The van der Waals surface area contributed by atoms with Crippen molar-refractivity contribution < 1.29 is 15.0 Å². The fourth-order valence-electron chi connectivity index (χ4n) is 2.46. The van der Waals surface area contributed by atoms with Crippen molar-refractivity contribution in [2.24, 2.45) is 5.92 Å². The third kappa shape index (κ3) is 1.66. The zero-order valence-electron chi connectivity index (χ0n) is 8.94. The van der Waals surface area contributed by atoms with Crippen molar-refractivity contribution in [2.75, 3.05) is 0 Å². The van der Waals surface area contributed by atoms with E-state index >= 15 is 0 Å². The van der Waals surface area contributed by atoms with Crippen LogP contribution in [0.4, 0.5) is 0 Å². The number of carbonyl (C=O) groups is 1. The molecule has 1 aliphatic carbocycles. The largest absolute Gasteiger partial charge is 0.479 e. The van der Waals surface area contributed by atoms with Crippen molar-refractivity contribution in [2.45, 2.75) is 31.3 Å². The number of aliphatic carboxylic acids is 1. The number of hydrogen-bond acceptors (Lipinski definition) is 2. The third-order valence-corrected chi connectivity index (χ3v) is 3.37. The van der Waals surface area contributed by atoms with Crippen LogP contribution in [0.15, 0.2) is 18.2 Å². The van der Waals surface area contributed by atoms with Gasteiger partial charge in [-0.3, -0.25) is 0 Å². The highest BCUT2D eigenvalue weighted by molar-refractivity contribution is 5.79. The molecule has 1 unspecified atom stereocenters. The predicted molar refractivity (Wildman–Crippen MR) is 57.6 cm³/mol. The van der Waals surface area contributed by atoms with E-state index in [1.54, 1.807) is 12.1 Å². The summed E-state index contributed by atoms with van der Waals surface area (Å²) in [6.07, 6.45) is 3.51. The van der Waals surface area contributed by atoms with Gasteiger partial charge in [0, 0.05) is 11.5 Å². The van der Waals surface area contributed by atoms with Crippen LogP contribution in [0, 0.1) is 18.1 Å². The minimum Gasteiger partial charge on any atom is -0.479 e. The first-order valence-electron chi connectivity index (χ1n) is 5.49. The zero-order valence-corrected chi connectivity index (χ0v) is 8.94. The fraction of sp³-hybridized carbons (Fsp3) is 0.462. The molecule has 16 heavy (non-hydrogen) atoms. The van der Waals surface area contributed by atoms with E-state index in [4.69, 9.17) is 0 Å². The van der Waals surface area contributed by atoms with E-state index in [1.165, 1.54) is 6.07 Å². The van der Waals surface area contributed by atoms with Crippen LogP contribution in [-0.4, -0.2) is 16.2 Å². The van der Waals surface area contributed by atoms with Gasteiger partial charge in [-0.05, 0) is 31.0 Å². The Balaban J connectivity index is 2.39. The maximum Gasteiger partial charge on any atom is 0.340 e. The molecule has 1 atom stereocenters. The van der Waals surface area contributed by atoms with Crippen molar-refractivity contribution in [1.82, 2.24) is 0 Å². The lowest BCUT2D eigenvalue weighted by Crippen LogP contribution is -2.42. The lowest BCUT2D eigenvalue weighted by atomic mass is 9.80. The summed E-state index contributed by atoms with van der Waals surface area (Å²) >= 11 is 0. The molecule has 1 aromatic carbocycles. The van der Waals surface area contributed by atoms with Crippen molar-refractivity contribution >= 4 is 5.97 Å². The van der Waals surface area contributed by atoms with Crippen LogP contribution in [0.25, 0.3) is 0 Å². The molecular formula is C13H14O3. The van der Waals surface area contributed by atoms with Crippen LogP contribution in [-0.2, 0) is 10.4 Å². The molecule has 1 saturated carbocycles. The van der Waals surface area contributed by atoms with Crippen LogP contribution < -0.4 is 0 Å². The minimum atomic E-state index is -1.76. The van der Waals surface area contributed by atoms with Gasteiger partial charge in [0.05, 0.1) is 0 Å². The van der Waals surface area contributed by atoms with Gasteiger partial charge in [0.15, 0.2) is 5.60 Å². The van der Waals surface area contributed by atoms with E-state index in [2.05, 4.69) is 12.1 Å². The summed E-state index contributed by atoms with van der Waals surface area (Å²) in [5, 5.41) is 19.7. The Labute approximate surface area is 94.7 Å². The first-order valence-corrected chi connectivity index (χ1v) is 5.49. The van der Waals surface area contributed by atoms with E-state index < -0.39 is 11.6 Å². The molecule has 0 heterocycles. The summed E-state index contributed by atoms with van der Waals surface area (Å²) in [4.78, 5) is 11.3. The van der Waals surface area contributed by atoms with Gasteiger partial charge in [-0.25, -0.2) is 4.79 Å². The molecule has 0 radical (unpaired) electrons. The number of rotatable bonds is 3. The molecule has 1 aromatic rings. The fourth-order valence-corrected chi connectivity index (χ4v) is 2.46. The van der Waals surface area contributed by atoms with E-state index in [1.807, 2.05) is 0 Å². The molecule has 0 amide bonds. The monoisotopic (exact) mass is 218 g/mol. The van der Waals surface area contributed by atoms with Crippen LogP contribution in [0.1, 0.15) is 31.2 Å². The summed E-state index contributed by atoms with van der Waals surface area (Å²) in [6.45, 7) is 0.